The lowest BCUT2D eigenvalue weighted by Crippen LogP contribution is -2.50. The first-order valence-corrected chi connectivity index (χ1v) is 8.02. The van der Waals surface area contributed by atoms with Crippen molar-refractivity contribution in [1.82, 2.24) is 15.1 Å². The number of carbonyl (C=O) groups excluding carboxylic acids is 1. The number of nitrogens with one attached hydrogen (secondary N) is 1. The highest BCUT2D eigenvalue weighted by Crippen LogP contribution is 2.16. The van der Waals surface area contributed by atoms with Gasteiger partial charge < -0.3 is 19.9 Å². The van der Waals surface area contributed by atoms with Crippen molar-refractivity contribution in [3.63, 3.8) is 0 Å². The second-order valence-electron chi connectivity index (χ2n) is 6.31. The third-order valence-electron chi connectivity index (χ3n) is 3.80. The molecule has 1 atom stereocenters. The summed E-state index contributed by atoms with van der Waals surface area (Å²) in [5.41, 5.74) is -0.549. The van der Waals surface area contributed by atoms with Gasteiger partial charge in [0.15, 0.2) is 0 Å². The van der Waals surface area contributed by atoms with Gasteiger partial charge in [0.1, 0.15) is 5.54 Å². The summed E-state index contributed by atoms with van der Waals surface area (Å²) in [7, 11) is 7.80. The van der Waals surface area contributed by atoms with Gasteiger partial charge in [-0.3, -0.25) is 4.79 Å². The summed E-state index contributed by atoms with van der Waals surface area (Å²) in [6, 6.07) is 0. The van der Waals surface area contributed by atoms with Crippen LogP contribution in [0.1, 0.15) is 39.5 Å². The van der Waals surface area contributed by atoms with Crippen molar-refractivity contribution in [3.8, 4) is 0 Å². The summed E-state index contributed by atoms with van der Waals surface area (Å²) >= 11 is 0. The second-order valence-corrected chi connectivity index (χ2v) is 6.31. The van der Waals surface area contributed by atoms with Gasteiger partial charge >= 0.3 is 5.97 Å². The molecule has 0 aliphatic carbocycles. The summed E-state index contributed by atoms with van der Waals surface area (Å²) in [5.74, 6) is -0.156. The average molecular weight is 301 g/mol. The molecule has 0 rings (SSSR count). The standard InChI is InChI=1S/C16H35N3O2/c1-7-11-17-16(2,15(20)21-6)10-8-9-12-19(5)14-13-18(3)4/h17H,7-14H2,1-6H3. The highest BCUT2D eigenvalue weighted by molar-refractivity contribution is 5.80. The molecule has 0 aromatic rings. The van der Waals surface area contributed by atoms with Crippen LogP contribution in [0.4, 0.5) is 0 Å². The molecule has 0 aromatic heterocycles. The second kappa shape index (κ2) is 11.0. The van der Waals surface area contributed by atoms with E-state index in [1.54, 1.807) is 0 Å². The van der Waals surface area contributed by atoms with Gasteiger partial charge in [0.2, 0.25) is 0 Å². The van der Waals surface area contributed by atoms with E-state index >= 15 is 0 Å². The van der Waals surface area contributed by atoms with Crippen LogP contribution >= 0.6 is 0 Å². The van der Waals surface area contributed by atoms with E-state index in [9.17, 15) is 4.79 Å². The van der Waals surface area contributed by atoms with E-state index in [-0.39, 0.29) is 5.97 Å². The topological polar surface area (TPSA) is 44.8 Å². The van der Waals surface area contributed by atoms with E-state index in [0.717, 1.165) is 51.9 Å². The number of unbranched alkanes of at least 4 members (excludes halogenated alkanes) is 1. The third-order valence-corrected chi connectivity index (χ3v) is 3.80. The minimum Gasteiger partial charge on any atom is -0.468 e. The Morgan fingerprint density at radius 1 is 1.14 bits per heavy atom. The van der Waals surface area contributed by atoms with E-state index in [2.05, 4.69) is 43.2 Å². The molecule has 0 saturated heterocycles. The largest absolute Gasteiger partial charge is 0.468 e. The molecule has 0 spiro atoms. The minimum atomic E-state index is -0.549. The number of rotatable bonds is 12. The van der Waals surface area contributed by atoms with Gasteiger partial charge in [0, 0.05) is 13.1 Å². The van der Waals surface area contributed by atoms with Crippen LogP contribution < -0.4 is 5.32 Å². The normalized spacial score (nSPS) is 14.5. The number of hydrogen-bond acceptors (Lipinski definition) is 5. The fourth-order valence-corrected chi connectivity index (χ4v) is 2.23. The van der Waals surface area contributed by atoms with Crippen LogP contribution in [0.15, 0.2) is 0 Å². The number of ether oxygens (including phenoxy) is 1. The first kappa shape index (κ1) is 20.3. The van der Waals surface area contributed by atoms with E-state index in [1.165, 1.54) is 7.11 Å². The smallest absolute Gasteiger partial charge is 0.325 e. The van der Waals surface area contributed by atoms with Crippen LogP contribution in [-0.4, -0.2) is 75.7 Å². The van der Waals surface area contributed by atoms with E-state index in [0.29, 0.717) is 0 Å². The molecule has 0 heterocycles. The molecule has 0 radical (unpaired) electrons. The van der Waals surface area contributed by atoms with Crippen molar-refractivity contribution in [3.05, 3.63) is 0 Å². The van der Waals surface area contributed by atoms with Crippen molar-refractivity contribution >= 4 is 5.97 Å². The summed E-state index contributed by atoms with van der Waals surface area (Å²) in [5, 5.41) is 3.33. The van der Waals surface area contributed by atoms with Crippen molar-refractivity contribution in [2.24, 2.45) is 0 Å². The van der Waals surface area contributed by atoms with Crippen LogP contribution in [0.5, 0.6) is 0 Å². The van der Waals surface area contributed by atoms with Crippen molar-refractivity contribution < 1.29 is 9.53 Å². The molecular weight excluding hydrogens is 266 g/mol. The monoisotopic (exact) mass is 301 g/mol. The first-order chi connectivity index (χ1) is 9.85. The van der Waals surface area contributed by atoms with Gasteiger partial charge in [-0.15, -0.1) is 0 Å². The number of carbonyl (C=O) groups is 1. The Kier molecular flexibility index (Phi) is 10.6. The Balaban J connectivity index is 4.05. The summed E-state index contributed by atoms with van der Waals surface area (Å²) < 4.78 is 4.94. The molecule has 0 bridgehead atoms. The molecule has 0 saturated carbocycles. The Bertz CT molecular complexity index is 285. The molecule has 0 aliphatic heterocycles. The molecular formula is C16H35N3O2. The van der Waals surface area contributed by atoms with Crippen LogP contribution in [0.25, 0.3) is 0 Å². The maximum atomic E-state index is 11.9. The lowest BCUT2D eigenvalue weighted by Gasteiger charge is -2.28. The molecule has 5 nitrogen and oxygen atoms in total. The molecule has 0 aliphatic rings. The number of nitrogens with zero attached hydrogens (tertiary/aromatic N) is 2. The summed E-state index contributed by atoms with van der Waals surface area (Å²) in [6.07, 6.45) is 3.96. The molecule has 21 heavy (non-hydrogen) atoms. The number of hydrogen-bond donors (Lipinski definition) is 1. The van der Waals surface area contributed by atoms with Gasteiger partial charge in [0.25, 0.3) is 0 Å². The van der Waals surface area contributed by atoms with Crippen molar-refractivity contribution in [1.29, 1.82) is 0 Å². The van der Waals surface area contributed by atoms with Crippen molar-refractivity contribution in [2.45, 2.75) is 45.1 Å². The maximum absolute atomic E-state index is 11.9. The predicted octanol–water partition coefficient (Wildman–Crippen LogP) is 1.58. The van der Waals surface area contributed by atoms with Gasteiger partial charge in [0.05, 0.1) is 7.11 Å². The van der Waals surface area contributed by atoms with Crippen LogP contribution in [-0.2, 0) is 9.53 Å². The highest BCUT2D eigenvalue weighted by atomic mass is 16.5. The highest BCUT2D eigenvalue weighted by Gasteiger charge is 2.32. The fourth-order valence-electron chi connectivity index (χ4n) is 2.23. The first-order valence-electron chi connectivity index (χ1n) is 8.02. The van der Waals surface area contributed by atoms with E-state index in [1.807, 2.05) is 6.92 Å². The fraction of sp³-hybridized carbons (Fsp3) is 0.938. The van der Waals surface area contributed by atoms with Crippen molar-refractivity contribution in [2.75, 3.05) is 54.4 Å². The SMILES string of the molecule is CCCNC(C)(CCCCN(C)CCN(C)C)C(=O)OC. The molecule has 126 valence electrons. The van der Waals surface area contributed by atoms with E-state index < -0.39 is 5.54 Å². The predicted molar refractivity (Wildman–Crippen MR) is 88.6 cm³/mol. The molecule has 0 aromatic carbocycles. The lowest BCUT2D eigenvalue weighted by atomic mass is 9.94. The van der Waals surface area contributed by atoms with Gasteiger partial charge in [-0.2, -0.15) is 0 Å². The van der Waals surface area contributed by atoms with Crippen LogP contribution in [0.2, 0.25) is 0 Å². The third kappa shape index (κ3) is 9.06. The zero-order chi connectivity index (χ0) is 16.3. The zero-order valence-corrected chi connectivity index (χ0v) is 14.9. The number of likely N-dealkylation sites (N-methyl/N-ethyl adjacent to an activating group) is 2. The summed E-state index contributed by atoms with van der Waals surface area (Å²) in [6.45, 7) is 8.12. The average Bonchev–Trinajstić information content (AvgIpc) is 2.46. The molecule has 0 fully saturated rings. The Morgan fingerprint density at radius 3 is 2.33 bits per heavy atom. The molecule has 1 unspecified atom stereocenters. The van der Waals surface area contributed by atoms with E-state index in [4.69, 9.17) is 4.74 Å². The zero-order valence-electron chi connectivity index (χ0n) is 14.9. The Labute approximate surface area is 131 Å². The van der Waals surface area contributed by atoms with Gasteiger partial charge in [-0.1, -0.05) is 6.92 Å². The van der Waals surface area contributed by atoms with Gasteiger partial charge in [-0.25, -0.2) is 0 Å². The minimum absolute atomic E-state index is 0.156. The lowest BCUT2D eigenvalue weighted by molar-refractivity contribution is -0.148. The maximum Gasteiger partial charge on any atom is 0.325 e. The number of methoxy groups -OCH3 is 1. The van der Waals surface area contributed by atoms with Gasteiger partial charge in [-0.05, 0) is 66.8 Å². The Morgan fingerprint density at radius 2 is 1.81 bits per heavy atom. The summed E-state index contributed by atoms with van der Waals surface area (Å²) in [4.78, 5) is 16.5. The molecule has 0 amide bonds. The van der Waals surface area contributed by atoms with Crippen LogP contribution in [0, 0.1) is 0 Å². The molecule has 5 heteroatoms. The number of esters is 1. The quantitative estimate of drug-likeness (QED) is 0.438. The molecule has 1 N–H and O–H groups in total. The Hall–Kier alpha value is -0.650. The van der Waals surface area contributed by atoms with Crippen LogP contribution in [0.3, 0.4) is 0 Å².